The lowest BCUT2D eigenvalue weighted by Crippen LogP contribution is -1.92. The van der Waals surface area contributed by atoms with Crippen molar-refractivity contribution in [3.63, 3.8) is 0 Å². The average Bonchev–Trinajstić information content (AvgIpc) is 2.20. The van der Waals surface area contributed by atoms with E-state index in [-0.39, 0.29) is 0 Å². The van der Waals surface area contributed by atoms with E-state index in [1.54, 1.807) is 6.07 Å². The van der Waals surface area contributed by atoms with Gasteiger partial charge in [-0.05, 0) is 24.6 Å². The molecule has 0 amide bonds. The van der Waals surface area contributed by atoms with Crippen LogP contribution < -0.4 is 0 Å². The number of benzene rings is 1. The molecule has 1 aromatic carbocycles. The van der Waals surface area contributed by atoms with E-state index < -0.39 is 5.82 Å². The maximum Gasteiger partial charge on any atom is 0.125 e. The van der Waals surface area contributed by atoms with E-state index in [1.165, 1.54) is 12.1 Å². The summed E-state index contributed by atoms with van der Waals surface area (Å²) in [6.07, 6.45) is 1.82. The van der Waals surface area contributed by atoms with E-state index in [0.29, 0.717) is 20.9 Å². The topological polar surface area (TPSA) is 12.9 Å². The molecule has 1 nitrogen and oxygen atoms in total. The van der Waals surface area contributed by atoms with Gasteiger partial charge in [0.05, 0.1) is 15.6 Å². The first-order chi connectivity index (χ1) is 7.61. The zero-order chi connectivity index (χ0) is 11.7. The molecule has 2 aromatic rings. The Balaban J connectivity index is 2.71. The molecule has 0 N–H and O–H groups in total. The van der Waals surface area contributed by atoms with Crippen LogP contribution in [-0.2, 0) is 6.42 Å². The molecule has 0 atom stereocenters. The summed E-state index contributed by atoms with van der Waals surface area (Å²) in [7, 11) is 0. The fourth-order valence-electron chi connectivity index (χ4n) is 1.65. The molecule has 84 valence electrons. The molecule has 1 heterocycles. The number of hydrogen-bond donors (Lipinski definition) is 0. The summed E-state index contributed by atoms with van der Waals surface area (Å²) in [4.78, 5) is 4.38. The van der Waals surface area contributed by atoms with Crippen LogP contribution in [0.25, 0.3) is 10.9 Å². The van der Waals surface area contributed by atoms with Crippen LogP contribution in [-0.4, -0.2) is 4.98 Å². The number of aryl methyl sites for hydroxylation is 1. The minimum atomic E-state index is -0.399. The van der Waals surface area contributed by atoms with Crippen molar-refractivity contribution in [2.75, 3.05) is 0 Å². The predicted octanol–water partition coefficient (Wildman–Crippen LogP) is 4.63. The van der Waals surface area contributed by atoms with Crippen molar-refractivity contribution >= 4 is 34.1 Å². The molecular formula is C12H10Cl2FN. The molecule has 0 bridgehead atoms. The molecule has 1 aromatic heterocycles. The van der Waals surface area contributed by atoms with Crippen LogP contribution in [0.5, 0.6) is 0 Å². The van der Waals surface area contributed by atoms with Crippen LogP contribution in [0.4, 0.5) is 4.39 Å². The smallest absolute Gasteiger partial charge is 0.125 e. The Bertz CT molecular complexity index is 540. The Kier molecular flexibility index (Phi) is 3.31. The van der Waals surface area contributed by atoms with Gasteiger partial charge in [-0.15, -0.1) is 0 Å². The second-order valence-corrected chi connectivity index (χ2v) is 4.44. The summed E-state index contributed by atoms with van der Waals surface area (Å²) in [6, 6.07) is 4.37. The van der Waals surface area contributed by atoms with Crippen LogP contribution in [0, 0.1) is 5.82 Å². The largest absolute Gasteiger partial charge is 0.251 e. The number of rotatable bonds is 2. The second-order valence-electron chi connectivity index (χ2n) is 3.63. The number of hydrogen-bond acceptors (Lipinski definition) is 1. The zero-order valence-electron chi connectivity index (χ0n) is 8.73. The molecule has 0 aliphatic heterocycles. The van der Waals surface area contributed by atoms with E-state index in [9.17, 15) is 4.39 Å². The maximum absolute atomic E-state index is 13.2. The Morgan fingerprint density at radius 3 is 2.62 bits per heavy atom. The Morgan fingerprint density at radius 1 is 1.19 bits per heavy atom. The minimum Gasteiger partial charge on any atom is -0.251 e. The zero-order valence-corrected chi connectivity index (χ0v) is 10.2. The molecule has 0 spiro atoms. The number of pyridine rings is 1. The molecule has 0 radical (unpaired) electrons. The van der Waals surface area contributed by atoms with E-state index in [0.717, 1.165) is 18.5 Å². The molecule has 0 fully saturated rings. The van der Waals surface area contributed by atoms with Crippen molar-refractivity contribution < 1.29 is 4.39 Å². The molecule has 4 heteroatoms. The van der Waals surface area contributed by atoms with Crippen molar-refractivity contribution in [2.45, 2.75) is 19.8 Å². The highest BCUT2D eigenvalue weighted by Crippen LogP contribution is 2.29. The maximum atomic E-state index is 13.2. The number of nitrogens with zero attached hydrogens (tertiary/aromatic N) is 1. The fourth-order valence-corrected chi connectivity index (χ4v) is 2.16. The van der Waals surface area contributed by atoms with E-state index in [2.05, 4.69) is 11.9 Å². The third-order valence-electron chi connectivity index (χ3n) is 2.34. The average molecular weight is 258 g/mol. The lowest BCUT2D eigenvalue weighted by atomic mass is 10.1. The van der Waals surface area contributed by atoms with Crippen molar-refractivity contribution in [3.8, 4) is 0 Å². The quantitative estimate of drug-likeness (QED) is 0.765. The summed E-state index contributed by atoms with van der Waals surface area (Å²) >= 11 is 12.0. The summed E-state index contributed by atoms with van der Waals surface area (Å²) < 4.78 is 13.2. The summed E-state index contributed by atoms with van der Waals surface area (Å²) in [5, 5.41) is 1.36. The van der Waals surface area contributed by atoms with Crippen LogP contribution >= 0.6 is 23.2 Å². The molecule has 0 saturated carbocycles. The normalized spacial score (nSPS) is 11.0. The van der Waals surface area contributed by atoms with Crippen LogP contribution in [0.2, 0.25) is 10.0 Å². The lowest BCUT2D eigenvalue weighted by molar-refractivity contribution is 0.629. The van der Waals surface area contributed by atoms with Gasteiger partial charge in [0.1, 0.15) is 5.82 Å². The summed E-state index contributed by atoms with van der Waals surface area (Å²) in [5.74, 6) is -0.399. The van der Waals surface area contributed by atoms with Crippen molar-refractivity contribution in [1.29, 1.82) is 0 Å². The molecule has 0 unspecified atom stereocenters. The highest BCUT2D eigenvalue weighted by molar-refractivity contribution is 6.39. The van der Waals surface area contributed by atoms with Crippen LogP contribution in [0.15, 0.2) is 18.2 Å². The molecular weight excluding hydrogens is 248 g/mol. The monoisotopic (exact) mass is 257 g/mol. The van der Waals surface area contributed by atoms with Gasteiger partial charge < -0.3 is 0 Å². The molecule has 0 aliphatic carbocycles. The van der Waals surface area contributed by atoms with Crippen molar-refractivity contribution in [2.24, 2.45) is 0 Å². The van der Waals surface area contributed by atoms with Gasteiger partial charge in [0.15, 0.2) is 0 Å². The van der Waals surface area contributed by atoms with Crippen molar-refractivity contribution in [3.05, 3.63) is 39.8 Å². The Hall–Kier alpha value is -0.860. The fraction of sp³-hybridized carbons (Fsp3) is 0.250. The highest BCUT2D eigenvalue weighted by Gasteiger charge is 2.09. The Morgan fingerprint density at radius 2 is 1.94 bits per heavy atom. The SMILES string of the molecule is CCCc1cc(Cl)c2cc(F)cc(Cl)c2n1. The minimum absolute atomic E-state index is 0.301. The van der Waals surface area contributed by atoms with Gasteiger partial charge in [-0.2, -0.15) is 0 Å². The summed E-state index contributed by atoms with van der Waals surface area (Å²) in [5.41, 5.74) is 1.45. The third kappa shape index (κ3) is 2.13. The Labute approximate surface area is 103 Å². The lowest BCUT2D eigenvalue weighted by Gasteiger charge is -2.06. The predicted molar refractivity (Wildman–Crippen MR) is 65.7 cm³/mol. The highest BCUT2D eigenvalue weighted by atomic mass is 35.5. The first-order valence-corrected chi connectivity index (χ1v) is 5.81. The van der Waals surface area contributed by atoms with Gasteiger partial charge in [0.25, 0.3) is 0 Å². The van der Waals surface area contributed by atoms with Gasteiger partial charge >= 0.3 is 0 Å². The van der Waals surface area contributed by atoms with Crippen molar-refractivity contribution in [1.82, 2.24) is 4.98 Å². The van der Waals surface area contributed by atoms with Crippen LogP contribution in [0.3, 0.4) is 0 Å². The molecule has 0 saturated heterocycles. The number of aromatic nitrogens is 1. The van der Waals surface area contributed by atoms with E-state index >= 15 is 0 Å². The van der Waals surface area contributed by atoms with Gasteiger partial charge in [0, 0.05) is 11.1 Å². The van der Waals surface area contributed by atoms with Gasteiger partial charge in [-0.3, -0.25) is 4.98 Å². The first kappa shape index (κ1) is 11.6. The molecule has 16 heavy (non-hydrogen) atoms. The van der Waals surface area contributed by atoms with Gasteiger partial charge in [-0.25, -0.2) is 4.39 Å². The standard InChI is InChI=1S/C12H10Cl2FN/c1-2-3-8-6-10(13)9-4-7(15)5-11(14)12(9)16-8/h4-6H,2-3H2,1H3. The third-order valence-corrected chi connectivity index (χ3v) is 2.94. The number of fused-ring (bicyclic) bond motifs is 1. The molecule has 2 rings (SSSR count). The van der Waals surface area contributed by atoms with E-state index in [4.69, 9.17) is 23.2 Å². The van der Waals surface area contributed by atoms with Crippen LogP contribution in [0.1, 0.15) is 19.0 Å². The molecule has 0 aliphatic rings. The second kappa shape index (κ2) is 4.56. The van der Waals surface area contributed by atoms with E-state index in [1.807, 2.05) is 0 Å². The summed E-state index contributed by atoms with van der Waals surface area (Å²) in [6.45, 7) is 2.06. The first-order valence-electron chi connectivity index (χ1n) is 5.06. The van der Waals surface area contributed by atoms with Gasteiger partial charge in [0.2, 0.25) is 0 Å². The van der Waals surface area contributed by atoms with Gasteiger partial charge in [-0.1, -0.05) is 36.5 Å². The number of halogens is 3.